The number of hydrogen-bond donors (Lipinski definition) is 0. The lowest BCUT2D eigenvalue weighted by molar-refractivity contribution is 0.0706. The highest BCUT2D eigenvalue weighted by atomic mass is 16.2. The van der Waals surface area contributed by atoms with E-state index in [1.807, 2.05) is 59.5 Å². The fourth-order valence-electron chi connectivity index (χ4n) is 4.55. The smallest absolute Gasteiger partial charge is 0.254 e. The van der Waals surface area contributed by atoms with E-state index in [1.165, 1.54) is 6.42 Å². The van der Waals surface area contributed by atoms with E-state index < -0.39 is 0 Å². The van der Waals surface area contributed by atoms with Gasteiger partial charge < -0.3 is 9.47 Å². The van der Waals surface area contributed by atoms with Crippen molar-refractivity contribution in [1.82, 2.24) is 24.6 Å². The van der Waals surface area contributed by atoms with Crippen molar-refractivity contribution in [2.75, 3.05) is 20.1 Å². The van der Waals surface area contributed by atoms with Crippen LogP contribution in [0.4, 0.5) is 0 Å². The van der Waals surface area contributed by atoms with Crippen molar-refractivity contribution in [3.63, 3.8) is 0 Å². The maximum atomic E-state index is 13.4. The summed E-state index contributed by atoms with van der Waals surface area (Å²) in [5.74, 6) is 1.99. The van der Waals surface area contributed by atoms with E-state index in [-0.39, 0.29) is 5.91 Å². The van der Waals surface area contributed by atoms with E-state index in [1.54, 1.807) is 0 Å². The van der Waals surface area contributed by atoms with Crippen LogP contribution in [0.25, 0.3) is 11.1 Å². The zero-order valence-electron chi connectivity index (χ0n) is 16.7. The summed E-state index contributed by atoms with van der Waals surface area (Å²) in [6.45, 7) is 3.04. The van der Waals surface area contributed by atoms with E-state index in [0.717, 1.165) is 47.8 Å². The lowest BCUT2D eigenvalue weighted by Crippen LogP contribution is -2.39. The Bertz CT molecular complexity index is 1030. The Morgan fingerprint density at radius 2 is 1.76 bits per heavy atom. The third-order valence-electron chi connectivity index (χ3n) is 6.13. The van der Waals surface area contributed by atoms with E-state index in [0.29, 0.717) is 19.1 Å². The standard InChI is InChI=1S/C23H25N5O/c1-26-13-7-12-20(26)22-25-24-21-16-27(14-15-28(21)22)23(29)19-11-6-5-10-18(19)17-8-3-2-4-9-17/h2-6,8-11,20H,7,12-16H2,1H3. The van der Waals surface area contributed by atoms with Crippen LogP contribution in [0.5, 0.6) is 0 Å². The molecule has 0 N–H and O–H groups in total. The molecule has 1 unspecified atom stereocenters. The predicted molar refractivity (Wildman–Crippen MR) is 111 cm³/mol. The molecule has 2 aromatic carbocycles. The molecule has 1 atom stereocenters. The molecule has 1 aromatic heterocycles. The van der Waals surface area contributed by atoms with Gasteiger partial charge in [-0.1, -0.05) is 48.5 Å². The second kappa shape index (κ2) is 7.44. The second-order valence-electron chi connectivity index (χ2n) is 7.90. The molecule has 0 spiro atoms. The Balaban J connectivity index is 1.41. The van der Waals surface area contributed by atoms with Crippen molar-refractivity contribution in [3.05, 3.63) is 71.8 Å². The summed E-state index contributed by atoms with van der Waals surface area (Å²) in [5.41, 5.74) is 2.77. The van der Waals surface area contributed by atoms with Gasteiger partial charge in [0, 0.05) is 18.7 Å². The fourth-order valence-corrected chi connectivity index (χ4v) is 4.55. The van der Waals surface area contributed by atoms with Crippen LogP contribution in [-0.4, -0.2) is 50.6 Å². The minimum atomic E-state index is 0.0539. The summed E-state index contributed by atoms with van der Waals surface area (Å²) in [6.07, 6.45) is 2.33. The Morgan fingerprint density at radius 3 is 2.55 bits per heavy atom. The largest absolute Gasteiger partial charge is 0.329 e. The van der Waals surface area contributed by atoms with Gasteiger partial charge in [-0.15, -0.1) is 10.2 Å². The first kappa shape index (κ1) is 18.1. The lowest BCUT2D eigenvalue weighted by atomic mass is 9.98. The number of amides is 1. The van der Waals surface area contributed by atoms with Gasteiger partial charge >= 0.3 is 0 Å². The maximum absolute atomic E-state index is 13.4. The summed E-state index contributed by atoms with van der Waals surface area (Å²) in [4.78, 5) is 17.6. The summed E-state index contributed by atoms with van der Waals surface area (Å²) in [6, 6.07) is 18.3. The Kier molecular flexibility index (Phi) is 4.64. The molecule has 29 heavy (non-hydrogen) atoms. The van der Waals surface area contributed by atoms with Gasteiger partial charge in [-0.2, -0.15) is 0 Å². The molecule has 0 radical (unpaired) electrons. The number of hydrogen-bond acceptors (Lipinski definition) is 4. The van der Waals surface area contributed by atoms with Crippen molar-refractivity contribution in [1.29, 1.82) is 0 Å². The summed E-state index contributed by atoms with van der Waals surface area (Å²) < 4.78 is 2.22. The van der Waals surface area contributed by atoms with Crippen LogP contribution < -0.4 is 0 Å². The maximum Gasteiger partial charge on any atom is 0.254 e. The molecule has 1 saturated heterocycles. The predicted octanol–water partition coefficient (Wildman–Crippen LogP) is 3.37. The second-order valence-corrected chi connectivity index (χ2v) is 7.90. The minimum absolute atomic E-state index is 0.0539. The third-order valence-corrected chi connectivity index (χ3v) is 6.13. The van der Waals surface area contributed by atoms with Gasteiger partial charge in [-0.3, -0.25) is 9.69 Å². The van der Waals surface area contributed by atoms with Crippen molar-refractivity contribution in [2.24, 2.45) is 0 Å². The molecule has 0 saturated carbocycles. The zero-order chi connectivity index (χ0) is 19.8. The SMILES string of the molecule is CN1CCCC1c1nnc2n1CCN(C(=O)c1ccccc1-c1ccccc1)C2. The number of likely N-dealkylation sites (tertiary alicyclic amines) is 1. The number of fused-ring (bicyclic) bond motifs is 1. The normalized spacial score (nSPS) is 19.3. The van der Waals surface area contributed by atoms with Crippen LogP contribution in [0.2, 0.25) is 0 Å². The first-order valence-corrected chi connectivity index (χ1v) is 10.3. The highest BCUT2D eigenvalue weighted by Gasteiger charge is 2.32. The molecule has 3 aromatic rings. The summed E-state index contributed by atoms with van der Waals surface area (Å²) in [5, 5.41) is 8.93. The molecule has 0 aliphatic carbocycles. The van der Waals surface area contributed by atoms with Crippen LogP contribution in [0.15, 0.2) is 54.6 Å². The van der Waals surface area contributed by atoms with Crippen LogP contribution in [0.3, 0.4) is 0 Å². The number of rotatable bonds is 3. The van der Waals surface area contributed by atoms with Crippen LogP contribution in [-0.2, 0) is 13.1 Å². The van der Waals surface area contributed by atoms with Crippen molar-refractivity contribution < 1.29 is 4.79 Å². The average molecular weight is 387 g/mol. The molecule has 2 aliphatic heterocycles. The van der Waals surface area contributed by atoms with Gasteiger partial charge in [0.2, 0.25) is 0 Å². The quantitative estimate of drug-likeness (QED) is 0.691. The molecular weight excluding hydrogens is 362 g/mol. The summed E-state index contributed by atoms with van der Waals surface area (Å²) >= 11 is 0. The van der Waals surface area contributed by atoms with E-state index in [9.17, 15) is 4.79 Å². The van der Waals surface area contributed by atoms with Gasteiger partial charge in [0.15, 0.2) is 11.6 Å². The summed E-state index contributed by atoms with van der Waals surface area (Å²) in [7, 11) is 2.15. The minimum Gasteiger partial charge on any atom is -0.329 e. The third kappa shape index (κ3) is 3.23. The fraction of sp³-hybridized carbons (Fsp3) is 0.348. The molecule has 3 heterocycles. The number of benzene rings is 2. The highest BCUT2D eigenvalue weighted by molar-refractivity contribution is 6.00. The monoisotopic (exact) mass is 387 g/mol. The van der Waals surface area contributed by atoms with E-state index in [4.69, 9.17) is 0 Å². The number of nitrogens with zero attached hydrogens (tertiary/aromatic N) is 5. The molecule has 2 aliphatic rings. The molecule has 1 fully saturated rings. The van der Waals surface area contributed by atoms with Gasteiger partial charge in [0.05, 0.1) is 12.6 Å². The molecule has 6 heteroatoms. The van der Waals surface area contributed by atoms with Crippen LogP contribution in [0, 0.1) is 0 Å². The first-order valence-electron chi connectivity index (χ1n) is 10.3. The van der Waals surface area contributed by atoms with Crippen LogP contribution in [0.1, 0.15) is 40.9 Å². The number of carbonyl (C=O) groups excluding carboxylic acids is 1. The van der Waals surface area contributed by atoms with Gasteiger partial charge in [0.1, 0.15) is 0 Å². The molecule has 1 amide bonds. The molecule has 6 nitrogen and oxygen atoms in total. The molecule has 5 rings (SSSR count). The molecular formula is C23H25N5O. The Hall–Kier alpha value is -2.99. The Labute approximate surface area is 170 Å². The lowest BCUT2D eigenvalue weighted by Gasteiger charge is -2.30. The number of aromatic nitrogens is 3. The molecule has 0 bridgehead atoms. The Morgan fingerprint density at radius 1 is 0.966 bits per heavy atom. The van der Waals surface area contributed by atoms with Gasteiger partial charge in [0.25, 0.3) is 5.91 Å². The van der Waals surface area contributed by atoms with E-state index >= 15 is 0 Å². The van der Waals surface area contributed by atoms with Crippen molar-refractivity contribution in [2.45, 2.75) is 32.0 Å². The molecule has 148 valence electrons. The topological polar surface area (TPSA) is 54.3 Å². The average Bonchev–Trinajstić information content (AvgIpc) is 3.39. The number of carbonyl (C=O) groups is 1. The van der Waals surface area contributed by atoms with Crippen LogP contribution >= 0.6 is 0 Å². The first-order chi connectivity index (χ1) is 14.2. The van der Waals surface area contributed by atoms with Gasteiger partial charge in [-0.25, -0.2) is 0 Å². The van der Waals surface area contributed by atoms with Crippen molar-refractivity contribution in [3.8, 4) is 11.1 Å². The zero-order valence-corrected chi connectivity index (χ0v) is 16.7. The van der Waals surface area contributed by atoms with Gasteiger partial charge in [-0.05, 0) is 43.6 Å². The van der Waals surface area contributed by atoms with Crippen molar-refractivity contribution >= 4 is 5.91 Å². The van der Waals surface area contributed by atoms with E-state index in [2.05, 4.69) is 26.7 Å². The highest BCUT2D eigenvalue weighted by Crippen LogP contribution is 2.31.